The molecule has 0 aliphatic heterocycles. The summed E-state index contributed by atoms with van der Waals surface area (Å²) in [5.41, 5.74) is -0.302. The van der Waals surface area contributed by atoms with E-state index in [-0.39, 0.29) is 25.6 Å². The Kier molecular flexibility index (Phi) is 4.98. The second-order valence-electron chi connectivity index (χ2n) is 7.76. The van der Waals surface area contributed by atoms with Gasteiger partial charge in [-0.25, -0.2) is 0 Å². The van der Waals surface area contributed by atoms with Crippen LogP contribution in [0.15, 0.2) is 58.1 Å². The molecule has 2 heterocycles. The molecule has 30 heavy (non-hydrogen) atoms. The van der Waals surface area contributed by atoms with Crippen LogP contribution in [0.2, 0.25) is 0 Å². The SMILES string of the molecule is CCN(CC)CCCn1c(=O)c2ccc3[se]c4ccccc4c4ccc(c1=O)c2c34. The molecule has 0 saturated carbocycles. The fourth-order valence-electron chi connectivity index (χ4n) is 4.60. The summed E-state index contributed by atoms with van der Waals surface area (Å²) >= 11 is 0.174. The number of benzene rings is 3. The maximum atomic E-state index is 13.3. The molecular formula is C25H24N2O2Se. The van der Waals surface area contributed by atoms with Crippen LogP contribution in [-0.4, -0.2) is 43.6 Å². The van der Waals surface area contributed by atoms with E-state index in [0.717, 1.165) is 42.2 Å². The van der Waals surface area contributed by atoms with Gasteiger partial charge in [-0.05, 0) is 0 Å². The summed E-state index contributed by atoms with van der Waals surface area (Å²) in [5.74, 6) is 0. The average molecular weight is 463 g/mol. The number of fused-ring (bicyclic) bond motifs is 2. The van der Waals surface area contributed by atoms with Gasteiger partial charge in [0.05, 0.1) is 0 Å². The van der Waals surface area contributed by atoms with Crippen LogP contribution in [0, 0.1) is 0 Å². The Bertz CT molecular complexity index is 1460. The molecule has 0 saturated heterocycles. The van der Waals surface area contributed by atoms with E-state index in [1.54, 1.807) is 0 Å². The summed E-state index contributed by atoms with van der Waals surface area (Å²) in [5, 5.41) is 5.68. The van der Waals surface area contributed by atoms with Gasteiger partial charge in [0, 0.05) is 0 Å². The van der Waals surface area contributed by atoms with Crippen LogP contribution in [0.5, 0.6) is 0 Å². The van der Waals surface area contributed by atoms with Gasteiger partial charge in [0.15, 0.2) is 0 Å². The summed E-state index contributed by atoms with van der Waals surface area (Å²) in [4.78, 5) is 28.9. The standard InChI is InChI=1S/C25H24N2O2Se/c1-3-26(4-2)14-7-15-27-24(28)18-11-10-17-16-8-5-6-9-20(16)30-21-13-12-19(25(27)29)22(18)23(17)21/h5-6,8-13H,3-4,7,14-15H2,1-2H3. The topological polar surface area (TPSA) is 42.3 Å². The van der Waals surface area contributed by atoms with Gasteiger partial charge in [-0.2, -0.15) is 0 Å². The van der Waals surface area contributed by atoms with Crippen LogP contribution in [0.3, 0.4) is 0 Å². The van der Waals surface area contributed by atoms with Crippen molar-refractivity contribution in [3.05, 3.63) is 69.2 Å². The first-order chi connectivity index (χ1) is 14.6. The molecule has 0 atom stereocenters. The van der Waals surface area contributed by atoms with E-state index in [1.165, 1.54) is 18.5 Å². The van der Waals surface area contributed by atoms with E-state index in [2.05, 4.69) is 55.1 Å². The molecule has 0 N–H and O–H groups in total. The van der Waals surface area contributed by atoms with Crippen LogP contribution in [0.4, 0.5) is 0 Å². The Labute approximate surface area is 180 Å². The van der Waals surface area contributed by atoms with Gasteiger partial charge < -0.3 is 0 Å². The van der Waals surface area contributed by atoms with Gasteiger partial charge in [0.1, 0.15) is 0 Å². The number of hydrogen-bond donors (Lipinski definition) is 0. The molecular weight excluding hydrogens is 439 g/mol. The third-order valence-electron chi connectivity index (χ3n) is 6.22. The Morgan fingerprint density at radius 3 is 2.17 bits per heavy atom. The van der Waals surface area contributed by atoms with E-state index in [1.807, 2.05) is 12.1 Å². The van der Waals surface area contributed by atoms with Crippen molar-refractivity contribution in [3.63, 3.8) is 0 Å². The monoisotopic (exact) mass is 464 g/mol. The van der Waals surface area contributed by atoms with Crippen molar-refractivity contribution < 1.29 is 0 Å². The molecule has 3 aromatic carbocycles. The Morgan fingerprint density at radius 1 is 0.767 bits per heavy atom. The fourth-order valence-corrected chi connectivity index (χ4v) is 6.96. The third kappa shape index (κ3) is 2.92. The molecule has 5 aromatic rings. The zero-order valence-corrected chi connectivity index (χ0v) is 19.0. The van der Waals surface area contributed by atoms with Crippen LogP contribution < -0.4 is 11.1 Å². The summed E-state index contributed by atoms with van der Waals surface area (Å²) in [7, 11) is 0. The molecule has 152 valence electrons. The number of hydrogen-bond acceptors (Lipinski definition) is 3. The quantitative estimate of drug-likeness (QED) is 0.217. The Balaban J connectivity index is 1.74. The van der Waals surface area contributed by atoms with E-state index in [0.29, 0.717) is 17.3 Å². The fraction of sp³-hybridized carbons (Fsp3) is 0.280. The molecule has 5 rings (SSSR count). The van der Waals surface area contributed by atoms with Crippen molar-refractivity contribution in [2.75, 3.05) is 19.6 Å². The van der Waals surface area contributed by atoms with Gasteiger partial charge in [-0.3, -0.25) is 0 Å². The van der Waals surface area contributed by atoms with Gasteiger partial charge in [-0.1, -0.05) is 0 Å². The molecule has 0 bridgehead atoms. The number of aromatic nitrogens is 1. The molecule has 0 amide bonds. The molecule has 0 unspecified atom stereocenters. The summed E-state index contributed by atoms with van der Waals surface area (Å²) < 4.78 is 4.06. The second kappa shape index (κ2) is 7.66. The minimum atomic E-state index is -0.151. The molecule has 0 radical (unpaired) electrons. The van der Waals surface area contributed by atoms with Gasteiger partial charge in [0.25, 0.3) is 0 Å². The number of nitrogens with zero attached hydrogens (tertiary/aromatic N) is 2. The van der Waals surface area contributed by atoms with Crippen molar-refractivity contribution in [2.45, 2.75) is 26.8 Å². The van der Waals surface area contributed by atoms with Crippen LogP contribution >= 0.6 is 0 Å². The first-order valence-electron chi connectivity index (χ1n) is 10.6. The molecule has 0 aliphatic carbocycles. The van der Waals surface area contributed by atoms with Crippen molar-refractivity contribution in [3.8, 4) is 0 Å². The summed E-state index contributed by atoms with van der Waals surface area (Å²) in [6, 6.07) is 16.5. The third-order valence-corrected chi connectivity index (χ3v) is 8.60. The Morgan fingerprint density at radius 2 is 1.43 bits per heavy atom. The van der Waals surface area contributed by atoms with Gasteiger partial charge >= 0.3 is 180 Å². The molecule has 0 fully saturated rings. The maximum absolute atomic E-state index is 13.3. The molecule has 2 aromatic heterocycles. The minimum absolute atomic E-state index is 0.151. The van der Waals surface area contributed by atoms with E-state index in [4.69, 9.17) is 0 Å². The normalized spacial score (nSPS) is 12.2. The predicted molar refractivity (Wildman–Crippen MR) is 128 cm³/mol. The number of pyridine rings is 1. The van der Waals surface area contributed by atoms with E-state index in [9.17, 15) is 9.59 Å². The van der Waals surface area contributed by atoms with E-state index < -0.39 is 0 Å². The Hall–Kier alpha value is -2.46. The zero-order valence-electron chi connectivity index (χ0n) is 17.3. The number of rotatable bonds is 6. The summed E-state index contributed by atoms with van der Waals surface area (Å²) in [6.07, 6.45) is 0.796. The first kappa shape index (κ1) is 19.5. The van der Waals surface area contributed by atoms with Crippen LogP contribution in [0.25, 0.3) is 40.8 Å². The summed E-state index contributed by atoms with van der Waals surface area (Å²) in [6.45, 7) is 7.59. The van der Waals surface area contributed by atoms with Crippen LogP contribution in [0.1, 0.15) is 20.3 Å². The molecule has 0 aliphatic rings. The molecule has 5 heteroatoms. The van der Waals surface area contributed by atoms with Gasteiger partial charge in [-0.15, -0.1) is 0 Å². The van der Waals surface area contributed by atoms with Crippen molar-refractivity contribution in [1.82, 2.24) is 9.47 Å². The average Bonchev–Trinajstić information content (AvgIpc) is 2.78. The molecule has 0 spiro atoms. The van der Waals surface area contributed by atoms with Crippen molar-refractivity contribution in [1.29, 1.82) is 0 Å². The first-order valence-corrected chi connectivity index (χ1v) is 12.3. The van der Waals surface area contributed by atoms with Crippen LogP contribution in [-0.2, 0) is 6.54 Å². The predicted octanol–water partition coefficient (Wildman–Crippen LogP) is 4.05. The van der Waals surface area contributed by atoms with Crippen molar-refractivity contribution >= 4 is 55.3 Å². The van der Waals surface area contributed by atoms with Gasteiger partial charge in [0.2, 0.25) is 0 Å². The second-order valence-corrected chi connectivity index (χ2v) is 10.0. The van der Waals surface area contributed by atoms with Crippen molar-refractivity contribution in [2.24, 2.45) is 0 Å². The van der Waals surface area contributed by atoms with E-state index >= 15 is 0 Å². The zero-order chi connectivity index (χ0) is 20.8. The molecule has 4 nitrogen and oxygen atoms in total.